The highest BCUT2D eigenvalue weighted by Gasteiger charge is 2.20. The molecule has 0 spiro atoms. The van der Waals surface area contributed by atoms with Gasteiger partial charge in [-0.3, -0.25) is 9.59 Å². The Kier molecular flexibility index (Phi) is 7.69. The van der Waals surface area contributed by atoms with Crippen molar-refractivity contribution in [3.63, 3.8) is 0 Å². The molecule has 0 saturated carbocycles. The van der Waals surface area contributed by atoms with Crippen LogP contribution < -0.4 is 22.1 Å². The fraction of sp³-hybridized carbons (Fsp3) is 0.286. The summed E-state index contributed by atoms with van der Waals surface area (Å²) >= 11 is 0. The zero-order valence-electron chi connectivity index (χ0n) is 18.1. The molecule has 178 valence electrons. The van der Waals surface area contributed by atoms with E-state index < -0.39 is 23.9 Å². The molecule has 1 amide bonds. The van der Waals surface area contributed by atoms with E-state index in [2.05, 4.69) is 30.6 Å². The number of carbonyl (C=O) groups is 3. The number of hydrogen-bond donors (Lipinski definition) is 6. The number of carboxylic acids is 2. The van der Waals surface area contributed by atoms with Crippen LogP contribution in [0.5, 0.6) is 0 Å². The number of benzene rings is 1. The predicted molar refractivity (Wildman–Crippen MR) is 122 cm³/mol. The Hall–Kier alpha value is -4.55. The number of aryl methyl sites for hydroxylation is 1. The van der Waals surface area contributed by atoms with Gasteiger partial charge in [-0.15, -0.1) is 0 Å². The zero-order valence-corrected chi connectivity index (χ0v) is 18.1. The number of nitrogens with one attached hydrogen (secondary N) is 2. The molecule has 0 aliphatic carbocycles. The molecular weight excluding hydrogens is 444 g/mol. The predicted octanol–water partition coefficient (Wildman–Crippen LogP) is 0.563. The maximum Gasteiger partial charge on any atom is 0.326 e. The highest BCUT2D eigenvalue weighted by molar-refractivity contribution is 5.84. The van der Waals surface area contributed by atoms with E-state index in [-0.39, 0.29) is 31.0 Å². The van der Waals surface area contributed by atoms with Crippen molar-refractivity contribution in [3.8, 4) is 0 Å². The molecule has 2 aromatic heterocycles. The fourth-order valence-electron chi connectivity index (χ4n) is 3.10. The average molecular weight is 468 g/mol. The van der Waals surface area contributed by atoms with Gasteiger partial charge in [-0.05, 0) is 30.5 Å². The lowest BCUT2D eigenvalue weighted by molar-refractivity contribution is -0.143. The largest absolute Gasteiger partial charge is 0.481 e. The maximum atomic E-state index is 12.1. The molecule has 8 N–H and O–H groups in total. The van der Waals surface area contributed by atoms with Crippen LogP contribution in [0.25, 0.3) is 11.2 Å². The summed E-state index contributed by atoms with van der Waals surface area (Å²) in [4.78, 5) is 50.3. The summed E-state index contributed by atoms with van der Waals surface area (Å²) in [5.41, 5.74) is 14.4. The van der Waals surface area contributed by atoms with Crippen molar-refractivity contribution in [2.45, 2.75) is 38.3 Å². The average Bonchev–Trinajstić information content (AvgIpc) is 2.79. The first-order valence-corrected chi connectivity index (χ1v) is 10.3. The smallest absolute Gasteiger partial charge is 0.326 e. The highest BCUT2D eigenvalue weighted by atomic mass is 16.4. The van der Waals surface area contributed by atoms with Crippen LogP contribution in [0, 0.1) is 0 Å². The van der Waals surface area contributed by atoms with Crippen molar-refractivity contribution in [3.05, 3.63) is 41.7 Å². The summed E-state index contributed by atoms with van der Waals surface area (Å²) in [6, 6.07) is 6.14. The lowest BCUT2D eigenvalue weighted by Crippen LogP contribution is -2.41. The molecular formula is C21H24N8O5. The minimum absolute atomic E-state index is 0.0302. The van der Waals surface area contributed by atoms with Gasteiger partial charge in [0.05, 0.1) is 18.4 Å². The Labute approximate surface area is 193 Å². The van der Waals surface area contributed by atoms with Gasteiger partial charge in [0.25, 0.3) is 0 Å². The number of carbonyl (C=O) groups excluding carboxylic acids is 1. The molecule has 2 heterocycles. The molecule has 0 aliphatic rings. The Balaban J connectivity index is 1.50. The third-order valence-electron chi connectivity index (χ3n) is 4.85. The summed E-state index contributed by atoms with van der Waals surface area (Å²) < 4.78 is 0. The van der Waals surface area contributed by atoms with E-state index in [0.717, 1.165) is 11.3 Å². The van der Waals surface area contributed by atoms with Crippen LogP contribution in [0.1, 0.15) is 30.5 Å². The maximum absolute atomic E-state index is 12.1. The van der Waals surface area contributed by atoms with E-state index in [1.807, 2.05) is 24.3 Å². The fourth-order valence-corrected chi connectivity index (χ4v) is 3.10. The number of hydrogen-bond acceptors (Lipinski definition) is 10. The molecule has 3 rings (SSSR count). The highest BCUT2D eigenvalue weighted by Crippen LogP contribution is 2.16. The molecule has 3 aromatic rings. The van der Waals surface area contributed by atoms with E-state index in [1.54, 1.807) is 6.20 Å². The lowest BCUT2D eigenvalue weighted by Gasteiger charge is -2.13. The number of aromatic nitrogens is 4. The van der Waals surface area contributed by atoms with Gasteiger partial charge in [0.15, 0.2) is 17.0 Å². The number of nitrogens with two attached hydrogens (primary N) is 2. The quantitative estimate of drug-likeness (QED) is 0.227. The lowest BCUT2D eigenvalue weighted by atomic mass is 10.1. The van der Waals surface area contributed by atoms with Gasteiger partial charge in [0, 0.05) is 18.5 Å². The van der Waals surface area contributed by atoms with Crippen molar-refractivity contribution >= 4 is 46.5 Å². The van der Waals surface area contributed by atoms with Gasteiger partial charge >= 0.3 is 11.9 Å². The normalized spacial score (nSPS) is 11.6. The number of amides is 1. The van der Waals surface area contributed by atoms with Crippen LogP contribution in [0.15, 0.2) is 30.5 Å². The summed E-state index contributed by atoms with van der Waals surface area (Å²) in [6.07, 6.45) is 1.52. The number of anilines is 3. The standard InChI is InChI=1S/C21H24N8O5/c22-18-17-19(29-21(23)28-18)25-10-13(26-17)9-24-12-4-1-11(2-5-12)3-7-15(30)27-14(20(33)34)6-8-16(31)32/h1-2,4-5,10,14,24H,3,6-9H2,(H,27,30)(H,31,32)(H,33,34)(H4,22,23,25,28,29)/t14-/m0/s1. The van der Waals surface area contributed by atoms with Crippen LogP contribution in [0.4, 0.5) is 17.5 Å². The van der Waals surface area contributed by atoms with Gasteiger partial charge in [0.1, 0.15) is 6.04 Å². The Morgan fingerprint density at radius 1 is 1.00 bits per heavy atom. The third kappa shape index (κ3) is 6.72. The first-order chi connectivity index (χ1) is 16.2. The van der Waals surface area contributed by atoms with Crippen molar-refractivity contribution in [1.29, 1.82) is 0 Å². The minimum Gasteiger partial charge on any atom is -0.481 e. The second kappa shape index (κ2) is 10.8. The molecule has 0 aliphatic heterocycles. The summed E-state index contributed by atoms with van der Waals surface area (Å²) in [6.45, 7) is 0.376. The van der Waals surface area contributed by atoms with E-state index >= 15 is 0 Å². The number of rotatable bonds is 11. The summed E-state index contributed by atoms with van der Waals surface area (Å²) in [5.74, 6) is -2.66. The second-order valence-corrected chi connectivity index (χ2v) is 7.44. The topological polar surface area (TPSA) is 219 Å². The Bertz CT molecular complexity index is 1200. The van der Waals surface area contributed by atoms with Crippen molar-refractivity contribution < 1.29 is 24.6 Å². The van der Waals surface area contributed by atoms with Gasteiger partial charge in [-0.2, -0.15) is 9.97 Å². The molecule has 13 nitrogen and oxygen atoms in total. The molecule has 1 aromatic carbocycles. The Morgan fingerprint density at radius 3 is 2.41 bits per heavy atom. The van der Waals surface area contributed by atoms with Gasteiger partial charge in [-0.25, -0.2) is 14.8 Å². The molecule has 0 unspecified atom stereocenters. The minimum atomic E-state index is -1.26. The van der Waals surface area contributed by atoms with E-state index in [9.17, 15) is 14.4 Å². The van der Waals surface area contributed by atoms with Crippen molar-refractivity contribution in [2.24, 2.45) is 0 Å². The summed E-state index contributed by atoms with van der Waals surface area (Å²) in [5, 5.41) is 23.4. The van der Waals surface area contributed by atoms with Crippen LogP contribution in [-0.2, 0) is 27.3 Å². The van der Waals surface area contributed by atoms with Crippen molar-refractivity contribution in [2.75, 3.05) is 16.8 Å². The van der Waals surface area contributed by atoms with E-state index in [1.165, 1.54) is 0 Å². The molecule has 1 atom stereocenters. The molecule has 34 heavy (non-hydrogen) atoms. The number of nitrogen functional groups attached to an aromatic ring is 2. The van der Waals surface area contributed by atoms with Crippen LogP contribution in [-0.4, -0.2) is 54.0 Å². The van der Waals surface area contributed by atoms with Gasteiger partial charge in [-0.1, -0.05) is 12.1 Å². The Morgan fingerprint density at radius 2 is 1.74 bits per heavy atom. The van der Waals surface area contributed by atoms with Gasteiger partial charge < -0.3 is 32.3 Å². The first kappa shape index (κ1) is 24.1. The number of carboxylic acid groups (broad SMARTS) is 2. The van der Waals surface area contributed by atoms with Crippen LogP contribution >= 0.6 is 0 Å². The van der Waals surface area contributed by atoms with Crippen molar-refractivity contribution in [1.82, 2.24) is 25.3 Å². The number of fused-ring (bicyclic) bond motifs is 1. The third-order valence-corrected chi connectivity index (χ3v) is 4.85. The van der Waals surface area contributed by atoms with Crippen LogP contribution in [0.3, 0.4) is 0 Å². The zero-order chi connectivity index (χ0) is 24.7. The monoisotopic (exact) mass is 468 g/mol. The number of aliphatic carboxylic acids is 2. The number of nitrogens with zero attached hydrogens (tertiary/aromatic N) is 4. The van der Waals surface area contributed by atoms with E-state index in [4.69, 9.17) is 21.7 Å². The SMILES string of the molecule is Nc1nc(N)c2nc(CNc3ccc(CCC(=O)N[C@@H](CCC(=O)O)C(=O)O)cc3)cnc2n1. The van der Waals surface area contributed by atoms with Crippen LogP contribution in [0.2, 0.25) is 0 Å². The molecule has 0 bridgehead atoms. The molecule has 0 fully saturated rings. The van der Waals surface area contributed by atoms with Gasteiger partial charge in [0.2, 0.25) is 11.9 Å². The van der Waals surface area contributed by atoms with E-state index in [0.29, 0.717) is 29.8 Å². The second-order valence-electron chi connectivity index (χ2n) is 7.44. The molecule has 0 saturated heterocycles. The summed E-state index contributed by atoms with van der Waals surface area (Å²) in [7, 11) is 0. The molecule has 0 radical (unpaired) electrons. The first-order valence-electron chi connectivity index (χ1n) is 10.3. The molecule has 13 heteroatoms.